The number of benzene rings is 2. The molecular weight excluding hydrogens is 458 g/mol. The Morgan fingerprint density at radius 2 is 1.72 bits per heavy atom. The van der Waals surface area contributed by atoms with Crippen LogP contribution in [0.5, 0.6) is 0 Å². The van der Waals surface area contributed by atoms with E-state index in [2.05, 4.69) is 56.3 Å². The Labute approximate surface area is 206 Å². The molecule has 2 aromatic carbocycles. The van der Waals surface area contributed by atoms with E-state index in [1.54, 1.807) is 29.2 Å². The van der Waals surface area contributed by atoms with Gasteiger partial charge in [-0.1, -0.05) is 42.5 Å². The molecule has 2 N–H and O–H groups in total. The number of hydrogen-bond acceptors (Lipinski definition) is 5. The molecular formula is C28H22F2N6. The minimum atomic E-state index is -0.971. The molecule has 6 nitrogen and oxygen atoms in total. The Balaban J connectivity index is 1.44. The van der Waals surface area contributed by atoms with E-state index in [1.165, 1.54) is 17.7 Å². The Hall–Kier alpha value is -4.43. The zero-order valence-corrected chi connectivity index (χ0v) is 19.3. The normalized spacial score (nSPS) is 13.6. The monoisotopic (exact) mass is 480 g/mol. The lowest BCUT2D eigenvalue weighted by molar-refractivity contribution is 0.345. The van der Waals surface area contributed by atoms with Crippen molar-refractivity contribution in [2.75, 3.05) is 18.8 Å². The zero-order valence-electron chi connectivity index (χ0n) is 19.3. The van der Waals surface area contributed by atoms with Gasteiger partial charge in [0.25, 0.3) is 0 Å². The van der Waals surface area contributed by atoms with E-state index in [9.17, 15) is 8.78 Å². The Morgan fingerprint density at radius 3 is 2.53 bits per heavy atom. The van der Waals surface area contributed by atoms with Crippen molar-refractivity contribution in [2.24, 2.45) is 0 Å². The number of anilines is 1. The van der Waals surface area contributed by atoms with Gasteiger partial charge in [-0.15, -0.1) is 0 Å². The van der Waals surface area contributed by atoms with Gasteiger partial charge in [0.2, 0.25) is 0 Å². The first-order valence-electron chi connectivity index (χ1n) is 11.6. The molecule has 0 aliphatic carbocycles. The van der Waals surface area contributed by atoms with Crippen LogP contribution in [-0.4, -0.2) is 37.5 Å². The second-order valence-electron chi connectivity index (χ2n) is 8.73. The number of nitrogen functional groups attached to an aromatic ring is 1. The highest BCUT2D eigenvalue weighted by molar-refractivity contribution is 5.86. The van der Waals surface area contributed by atoms with Crippen molar-refractivity contribution in [2.45, 2.75) is 6.54 Å². The number of nitrogens with two attached hydrogens (primary N) is 1. The van der Waals surface area contributed by atoms with Crippen LogP contribution in [0.2, 0.25) is 0 Å². The molecule has 0 amide bonds. The zero-order chi connectivity index (χ0) is 24.6. The van der Waals surface area contributed by atoms with E-state index >= 15 is 0 Å². The highest BCUT2D eigenvalue weighted by Crippen LogP contribution is 2.34. The predicted octanol–water partition coefficient (Wildman–Crippen LogP) is 5.38. The Bertz CT molecular complexity index is 1600. The average Bonchev–Trinajstić information content (AvgIpc) is 3.54. The minimum absolute atomic E-state index is 0.0317. The molecule has 0 atom stereocenters. The fourth-order valence-corrected chi connectivity index (χ4v) is 4.55. The number of pyridine rings is 2. The largest absolute Gasteiger partial charge is 0.383 e. The van der Waals surface area contributed by atoms with Gasteiger partial charge in [-0.25, -0.2) is 18.7 Å². The quantitative estimate of drug-likeness (QED) is 0.342. The van der Waals surface area contributed by atoms with Crippen molar-refractivity contribution < 1.29 is 8.78 Å². The maximum atomic E-state index is 14.9. The molecule has 4 heterocycles. The van der Waals surface area contributed by atoms with Gasteiger partial charge in [-0.3, -0.25) is 14.5 Å². The topological polar surface area (TPSA) is 72.9 Å². The lowest BCUT2D eigenvalue weighted by Crippen LogP contribution is -2.18. The van der Waals surface area contributed by atoms with Gasteiger partial charge in [0.1, 0.15) is 17.2 Å². The maximum absolute atomic E-state index is 14.9. The summed E-state index contributed by atoms with van der Waals surface area (Å²) in [6.45, 7) is 2.82. The van der Waals surface area contributed by atoms with E-state index in [0.717, 1.165) is 36.8 Å². The van der Waals surface area contributed by atoms with Crippen molar-refractivity contribution in [3.05, 3.63) is 103 Å². The summed E-state index contributed by atoms with van der Waals surface area (Å²) in [7, 11) is 0. The van der Waals surface area contributed by atoms with E-state index in [0.29, 0.717) is 22.4 Å². The lowest BCUT2D eigenvalue weighted by atomic mass is 10.0. The predicted molar refractivity (Wildman–Crippen MR) is 136 cm³/mol. The van der Waals surface area contributed by atoms with E-state index in [1.807, 2.05) is 6.07 Å². The molecule has 0 unspecified atom stereocenters. The summed E-state index contributed by atoms with van der Waals surface area (Å²) in [4.78, 5) is 15.6. The first kappa shape index (κ1) is 22.1. The summed E-state index contributed by atoms with van der Waals surface area (Å²) in [6.07, 6.45) is 9.22. The lowest BCUT2D eigenvalue weighted by Gasteiger charge is -2.15. The van der Waals surface area contributed by atoms with E-state index in [-0.39, 0.29) is 11.5 Å². The highest BCUT2D eigenvalue weighted by Gasteiger charge is 2.21. The fraction of sp³-hybridized carbons (Fsp3) is 0.107. The van der Waals surface area contributed by atoms with Crippen LogP contribution in [0, 0.1) is 11.6 Å². The molecule has 1 aliphatic rings. The molecule has 0 saturated heterocycles. The highest BCUT2D eigenvalue weighted by atomic mass is 19.2. The van der Waals surface area contributed by atoms with Crippen LogP contribution in [0.25, 0.3) is 39.2 Å². The van der Waals surface area contributed by atoms with Crippen LogP contribution < -0.4 is 5.73 Å². The number of fused-ring (bicyclic) bond motifs is 1. The minimum Gasteiger partial charge on any atom is -0.383 e. The third-order valence-corrected chi connectivity index (χ3v) is 6.38. The molecule has 36 heavy (non-hydrogen) atoms. The summed E-state index contributed by atoms with van der Waals surface area (Å²) in [6, 6.07) is 15.9. The average molecular weight is 481 g/mol. The van der Waals surface area contributed by atoms with Gasteiger partial charge in [0.05, 0.1) is 23.0 Å². The fourth-order valence-electron chi connectivity index (χ4n) is 4.55. The second-order valence-corrected chi connectivity index (χ2v) is 8.73. The van der Waals surface area contributed by atoms with Gasteiger partial charge in [-0.05, 0) is 35.4 Å². The molecule has 5 aromatic rings. The van der Waals surface area contributed by atoms with Crippen molar-refractivity contribution in [3.63, 3.8) is 0 Å². The van der Waals surface area contributed by atoms with Crippen LogP contribution >= 0.6 is 0 Å². The van der Waals surface area contributed by atoms with Gasteiger partial charge in [0, 0.05) is 37.6 Å². The summed E-state index contributed by atoms with van der Waals surface area (Å²) in [5.74, 6) is -1.33. The van der Waals surface area contributed by atoms with Crippen molar-refractivity contribution >= 4 is 16.9 Å². The van der Waals surface area contributed by atoms with E-state index in [4.69, 9.17) is 5.73 Å². The first-order chi connectivity index (χ1) is 17.6. The third kappa shape index (κ3) is 3.91. The molecule has 0 fully saturated rings. The first-order valence-corrected chi connectivity index (χ1v) is 11.6. The standard InChI is InChI=1S/C28H22F2N6/c29-22-4-3-5-25(26(22)30)36-24-10-11-32-16-23(24)34-28(36)21-14-20(15-33-27(21)31)19-8-6-18(7-9-19)17-35-12-1-2-13-35/h1-11,14-16H,12-13,17H2,(H2,31,33). The smallest absolute Gasteiger partial charge is 0.182 e. The number of aromatic nitrogens is 4. The Kier molecular flexibility index (Phi) is 5.50. The number of hydrogen-bond donors (Lipinski definition) is 1. The molecule has 0 spiro atoms. The van der Waals surface area contributed by atoms with Crippen molar-refractivity contribution in [1.29, 1.82) is 0 Å². The van der Waals surface area contributed by atoms with E-state index < -0.39 is 11.6 Å². The van der Waals surface area contributed by atoms with Crippen molar-refractivity contribution in [1.82, 2.24) is 24.4 Å². The summed E-state index contributed by atoms with van der Waals surface area (Å²) >= 11 is 0. The molecule has 0 bridgehead atoms. The number of rotatable bonds is 5. The van der Waals surface area contributed by atoms with Crippen LogP contribution in [0.15, 0.2) is 85.3 Å². The SMILES string of the molecule is Nc1ncc(-c2ccc(CN3CC=CC3)cc2)cc1-c1nc2cnccc2n1-c1cccc(F)c1F. The molecule has 1 aliphatic heterocycles. The maximum Gasteiger partial charge on any atom is 0.182 e. The number of imidazole rings is 1. The van der Waals surface area contributed by atoms with Gasteiger partial charge in [0.15, 0.2) is 11.6 Å². The molecule has 178 valence electrons. The van der Waals surface area contributed by atoms with Gasteiger partial charge < -0.3 is 5.73 Å². The van der Waals surface area contributed by atoms with Crippen molar-refractivity contribution in [3.8, 4) is 28.2 Å². The molecule has 0 saturated carbocycles. The number of nitrogens with zero attached hydrogens (tertiary/aromatic N) is 5. The Morgan fingerprint density at radius 1 is 0.917 bits per heavy atom. The van der Waals surface area contributed by atoms with Crippen LogP contribution in [-0.2, 0) is 6.54 Å². The molecule has 8 heteroatoms. The summed E-state index contributed by atoms with van der Waals surface area (Å²) in [5, 5.41) is 0. The third-order valence-electron chi connectivity index (χ3n) is 6.38. The molecule has 6 rings (SSSR count). The molecule has 3 aromatic heterocycles. The number of halogens is 2. The van der Waals surface area contributed by atoms with Crippen LogP contribution in [0.3, 0.4) is 0 Å². The summed E-state index contributed by atoms with van der Waals surface area (Å²) < 4.78 is 30.6. The van der Waals surface area contributed by atoms with Gasteiger partial charge >= 0.3 is 0 Å². The molecule has 0 radical (unpaired) electrons. The summed E-state index contributed by atoms with van der Waals surface area (Å²) in [5.41, 5.74) is 11.0. The van der Waals surface area contributed by atoms with Crippen LogP contribution in [0.4, 0.5) is 14.6 Å². The van der Waals surface area contributed by atoms with Gasteiger partial charge in [-0.2, -0.15) is 0 Å². The van der Waals surface area contributed by atoms with Crippen LogP contribution in [0.1, 0.15) is 5.56 Å². The second kappa shape index (κ2) is 8.98.